The highest BCUT2D eigenvalue weighted by Gasteiger charge is 2.55. The van der Waals surface area contributed by atoms with Crippen molar-refractivity contribution in [1.29, 1.82) is 0 Å². The van der Waals surface area contributed by atoms with Crippen LogP contribution in [0, 0.1) is 10.1 Å². The van der Waals surface area contributed by atoms with Gasteiger partial charge < -0.3 is 10.8 Å². The number of amides is 1. The van der Waals surface area contributed by atoms with Gasteiger partial charge in [0.25, 0.3) is 0 Å². The number of aliphatic hydroxyl groups is 1. The molecule has 0 aliphatic carbocycles. The predicted molar refractivity (Wildman–Crippen MR) is 31.7 cm³/mol. The lowest BCUT2D eigenvalue weighted by Crippen LogP contribution is -2.54. The second-order valence-electron chi connectivity index (χ2n) is 1.97. The van der Waals surface area contributed by atoms with Gasteiger partial charge in [-0.2, -0.15) is 4.39 Å². The van der Waals surface area contributed by atoms with E-state index in [4.69, 9.17) is 5.11 Å². The van der Waals surface area contributed by atoms with Crippen LogP contribution in [-0.4, -0.2) is 27.8 Å². The second-order valence-corrected chi connectivity index (χ2v) is 1.97. The quantitative estimate of drug-likeness (QED) is 0.311. The molecule has 0 saturated heterocycles. The third-order valence-electron chi connectivity index (χ3n) is 1.16. The Morgan fingerprint density at radius 1 is 1.91 bits per heavy atom. The number of aliphatic hydroxyl groups excluding tert-OH is 1. The van der Waals surface area contributed by atoms with E-state index in [1.165, 1.54) is 0 Å². The van der Waals surface area contributed by atoms with Crippen LogP contribution in [0.1, 0.15) is 6.92 Å². The maximum absolute atomic E-state index is 12.7. The summed E-state index contributed by atoms with van der Waals surface area (Å²) in [6, 6.07) is 0. The van der Waals surface area contributed by atoms with E-state index in [1.54, 1.807) is 0 Å². The molecule has 6 nitrogen and oxygen atoms in total. The van der Waals surface area contributed by atoms with Crippen LogP contribution >= 0.6 is 0 Å². The minimum Gasteiger partial charge on any atom is -0.382 e. The van der Waals surface area contributed by atoms with Crippen LogP contribution in [0.15, 0.2) is 0 Å². The Morgan fingerprint density at radius 3 is 2.27 bits per heavy atom. The van der Waals surface area contributed by atoms with Gasteiger partial charge in [0.1, 0.15) is 0 Å². The van der Waals surface area contributed by atoms with Gasteiger partial charge in [-0.3, -0.25) is 14.9 Å². The predicted octanol–water partition coefficient (Wildman–Crippen LogP) is -1.21. The number of hydrogen-bond acceptors (Lipinski definition) is 4. The van der Waals surface area contributed by atoms with E-state index in [0.29, 0.717) is 0 Å². The highest BCUT2D eigenvalue weighted by atomic mass is 19.1. The zero-order chi connectivity index (χ0) is 9.23. The molecule has 0 aliphatic heterocycles. The fourth-order valence-corrected chi connectivity index (χ4v) is 0.448. The Morgan fingerprint density at radius 2 is 2.27 bits per heavy atom. The Hall–Kier alpha value is -1.24. The van der Waals surface area contributed by atoms with Gasteiger partial charge in [0.05, 0.1) is 4.92 Å². The molecule has 0 heterocycles. The Labute approximate surface area is 60.9 Å². The first-order valence-electron chi connectivity index (χ1n) is 2.64. The van der Waals surface area contributed by atoms with E-state index in [0.717, 1.165) is 6.92 Å². The molecule has 2 unspecified atom stereocenters. The molecule has 7 heteroatoms. The van der Waals surface area contributed by atoms with Crippen LogP contribution in [-0.2, 0) is 4.79 Å². The molecule has 0 rings (SSSR count). The molecule has 0 bridgehead atoms. The maximum atomic E-state index is 12.7. The molecular weight excluding hydrogens is 159 g/mol. The van der Waals surface area contributed by atoms with Gasteiger partial charge in [-0.1, -0.05) is 0 Å². The number of nitrogens with zero attached hydrogens (tertiary/aromatic N) is 1. The van der Waals surface area contributed by atoms with Crippen molar-refractivity contribution in [3.8, 4) is 0 Å². The average molecular weight is 166 g/mol. The molecule has 1 amide bonds. The molecule has 0 fully saturated rings. The van der Waals surface area contributed by atoms with Gasteiger partial charge in [0, 0.05) is 0 Å². The molecule has 0 spiro atoms. The number of rotatable bonds is 3. The number of nitro groups is 1. The van der Waals surface area contributed by atoms with Crippen LogP contribution in [0.25, 0.3) is 0 Å². The van der Waals surface area contributed by atoms with E-state index in [9.17, 15) is 19.3 Å². The van der Waals surface area contributed by atoms with Crippen LogP contribution in [0.5, 0.6) is 0 Å². The lowest BCUT2D eigenvalue weighted by molar-refractivity contribution is -0.597. The van der Waals surface area contributed by atoms with Crippen molar-refractivity contribution in [2.45, 2.75) is 18.8 Å². The number of hydrogen-bond donors (Lipinski definition) is 2. The minimum atomic E-state index is -3.58. The van der Waals surface area contributed by atoms with Crippen molar-refractivity contribution in [1.82, 2.24) is 0 Å². The summed E-state index contributed by atoms with van der Waals surface area (Å²) in [6.07, 6.45) is -2.06. The lowest BCUT2D eigenvalue weighted by Gasteiger charge is -2.14. The third-order valence-corrected chi connectivity index (χ3v) is 1.16. The first kappa shape index (κ1) is 9.76. The molecule has 0 aromatic heterocycles. The minimum absolute atomic E-state index is 0.771. The molecule has 0 saturated carbocycles. The van der Waals surface area contributed by atoms with E-state index in [-0.39, 0.29) is 0 Å². The highest BCUT2D eigenvalue weighted by molar-refractivity contribution is 5.81. The number of primary amides is 1. The average Bonchev–Trinajstić information content (AvgIpc) is 1.84. The summed E-state index contributed by atoms with van der Waals surface area (Å²) in [5, 5.41) is 18.4. The van der Waals surface area contributed by atoms with Gasteiger partial charge in [-0.15, -0.1) is 0 Å². The molecule has 64 valence electrons. The van der Waals surface area contributed by atoms with Crippen molar-refractivity contribution in [2.24, 2.45) is 5.73 Å². The van der Waals surface area contributed by atoms with Crippen molar-refractivity contribution >= 4 is 5.91 Å². The summed E-state index contributed by atoms with van der Waals surface area (Å²) in [4.78, 5) is 18.5. The molecule has 0 radical (unpaired) electrons. The lowest BCUT2D eigenvalue weighted by atomic mass is 10.1. The van der Waals surface area contributed by atoms with E-state index < -0.39 is 22.7 Å². The number of carbonyl (C=O) groups excluding carboxylic acids is 1. The van der Waals surface area contributed by atoms with E-state index in [1.807, 2.05) is 0 Å². The zero-order valence-electron chi connectivity index (χ0n) is 5.65. The second kappa shape index (κ2) is 2.79. The summed E-state index contributed by atoms with van der Waals surface area (Å²) in [5.41, 5.74) is 4.36. The van der Waals surface area contributed by atoms with Crippen molar-refractivity contribution in [3.63, 3.8) is 0 Å². The summed E-state index contributed by atoms with van der Waals surface area (Å²) < 4.78 is 12.7. The number of carbonyl (C=O) groups is 1. The van der Waals surface area contributed by atoms with Crippen LogP contribution in [0.2, 0.25) is 0 Å². The molecule has 0 aromatic rings. The van der Waals surface area contributed by atoms with Gasteiger partial charge in [-0.05, 0) is 6.92 Å². The van der Waals surface area contributed by atoms with Crippen LogP contribution < -0.4 is 5.73 Å². The molecule has 11 heavy (non-hydrogen) atoms. The largest absolute Gasteiger partial charge is 0.460 e. The SMILES string of the molecule is CC(O)C(F)(C(N)=O)[N+](=O)[O-]. The summed E-state index contributed by atoms with van der Waals surface area (Å²) in [5.74, 6) is -5.39. The van der Waals surface area contributed by atoms with Crippen LogP contribution in [0.4, 0.5) is 4.39 Å². The van der Waals surface area contributed by atoms with Crippen molar-refractivity contribution in [2.75, 3.05) is 0 Å². The molecule has 0 aliphatic rings. The normalized spacial score (nSPS) is 18.5. The molecular formula is C4H7FN2O4. The maximum Gasteiger partial charge on any atom is 0.460 e. The number of nitrogens with two attached hydrogens (primary N) is 1. The van der Waals surface area contributed by atoms with Gasteiger partial charge >= 0.3 is 11.7 Å². The molecule has 3 N–H and O–H groups in total. The summed E-state index contributed by atoms with van der Waals surface area (Å²) in [6.45, 7) is 0.771. The Balaban J connectivity index is 4.82. The van der Waals surface area contributed by atoms with Gasteiger partial charge in [-0.25, -0.2) is 0 Å². The van der Waals surface area contributed by atoms with Gasteiger partial charge in [0.2, 0.25) is 0 Å². The summed E-state index contributed by atoms with van der Waals surface area (Å²) in [7, 11) is 0. The zero-order valence-corrected chi connectivity index (χ0v) is 5.65. The van der Waals surface area contributed by atoms with Crippen LogP contribution in [0.3, 0.4) is 0 Å². The standard InChI is InChI=1S/C4H7FN2O4/c1-2(8)4(5,3(6)9)7(10)11/h2,8H,1H3,(H2,6,9). The topological polar surface area (TPSA) is 106 Å². The number of alkyl halides is 1. The first-order chi connectivity index (χ1) is 4.83. The van der Waals surface area contributed by atoms with Crippen molar-refractivity contribution < 1.29 is 19.2 Å². The fraction of sp³-hybridized carbons (Fsp3) is 0.750. The van der Waals surface area contributed by atoms with Gasteiger partial charge in [0.15, 0.2) is 6.10 Å². The first-order valence-corrected chi connectivity index (χ1v) is 2.64. The third kappa shape index (κ3) is 1.43. The Kier molecular flexibility index (Phi) is 2.47. The van der Waals surface area contributed by atoms with E-state index in [2.05, 4.69) is 5.73 Å². The fourth-order valence-electron chi connectivity index (χ4n) is 0.448. The van der Waals surface area contributed by atoms with E-state index >= 15 is 0 Å². The highest BCUT2D eigenvalue weighted by Crippen LogP contribution is 2.16. The monoisotopic (exact) mass is 166 g/mol. The van der Waals surface area contributed by atoms with Crippen molar-refractivity contribution in [3.05, 3.63) is 10.1 Å². The molecule has 2 atom stereocenters. The summed E-state index contributed by atoms with van der Waals surface area (Å²) >= 11 is 0. The number of halogens is 1. The molecule has 0 aromatic carbocycles. The Bertz CT molecular complexity index is 179. The smallest absolute Gasteiger partial charge is 0.382 e.